The third-order valence-corrected chi connectivity index (χ3v) is 2.36. The molecule has 72 valence electrons. The molecule has 4 nitrogen and oxygen atoms in total. The second-order valence-corrected chi connectivity index (χ2v) is 4.44. The van der Waals surface area contributed by atoms with Gasteiger partial charge in [-0.2, -0.15) is 0 Å². The van der Waals surface area contributed by atoms with Crippen molar-refractivity contribution in [2.75, 3.05) is 0 Å². The van der Waals surface area contributed by atoms with E-state index in [1.165, 1.54) is 0 Å². The number of primary sulfonamides is 1. The summed E-state index contributed by atoms with van der Waals surface area (Å²) in [5.74, 6) is -0.127. The normalized spacial score (nSPS) is 11.5. The van der Waals surface area contributed by atoms with Crippen LogP contribution in [0.1, 0.15) is 11.1 Å². The fraction of sp³-hybridized carbons (Fsp3) is 0.250. The minimum atomic E-state index is -3.43. The summed E-state index contributed by atoms with van der Waals surface area (Å²) in [6, 6.07) is 7.01. The minimum absolute atomic E-state index is 0.127. The van der Waals surface area contributed by atoms with Crippen molar-refractivity contribution in [1.82, 2.24) is 0 Å². The molecule has 1 aromatic carbocycles. The first-order chi connectivity index (χ1) is 6.01. The van der Waals surface area contributed by atoms with Gasteiger partial charge in [-0.3, -0.25) is 0 Å². The number of benzene rings is 1. The third kappa shape index (κ3) is 3.54. The summed E-state index contributed by atoms with van der Waals surface area (Å²) < 4.78 is 21.4. The first-order valence-corrected chi connectivity index (χ1v) is 5.51. The molecule has 0 saturated carbocycles. The third-order valence-electron chi connectivity index (χ3n) is 1.63. The fourth-order valence-corrected chi connectivity index (χ4v) is 1.66. The van der Waals surface area contributed by atoms with Crippen LogP contribution in [0, 0.1) is 0 Å². The molecule has 0 heterocycles. The molecule has 0 unspecified atom stereocenters. The molecule has 1 rings (SSSR count). The maximum absolute atomic E-state index is 10.7. The van der Waals surface area contributed by atoms with E-state index in [0.29, 0.717) is 12.1 Å². The molecule has 1 aromatic rings. The quantitative estimate of drug-likeness (QED) is 0.716. The van der Waals surface area contributed by atoms with Gasteiger partial charge in [-0.1, -0.05) is 24.3 Å². The topological polar surface area (TPSA) is 86.2 Å². The summed E-state index contributed by atoms with van der Waals surface area (Å²) in [5.41, 5.74) is 7.04. The van der Waals surface area contributed by atoms with Crippen LogP contribution in [0.3, 0.4) is 0 Å². The molecule has 0 saturated heterocycles. The Morgan fingerprint density at radius 2 is 1.54 bits per heavy atom. The summed E-state index contributed by atoms with van der Waals surface area (Å²) >= 11 is 0. The van der Waals surface area contributed by atoms with Crippen LogP contribution < -0.4 is 10.9 Å². The second-order valence-electron chi connectivity index (χ2n) is 2.83. The van der Waals surface area contributed by atoms with E-state index in [0.717, 1.165) is 5.56 Å². The van der Waals surface area contributed by atoms with Gasteiger partial charge in [0.1, 0.15) is 0 Å². The molecular weight excluding hydrogens is 188 g/mol. The average Bonchev–Trinajstić information content (AvgIpc) is 2.03. The predicted molar refractivity (Wildman–Crippen MR) is 51.1 cm³/mol. The molecule has 0 bridgehead atoms. The Kier molecular flexibility index (Phi) is 3.02. The zero-order valence-electron chi connectivity index (χ0n) is 7.10. The molecule has 0 fully saturated rings. The first kappa shape index (κ1) is 10.2. The van der Waals surface area contributed by atoms with Gasteiger partial charge in [-0.05, 0) is 11.1 Å². The van der Waals surface area contributed by atoms with E-state index >= 15 is 0 Å². The SMILES string of the molecule is NCc1ccc(CS(N)(=O)=O)cc1. The van der Waals surface area contributed by atoms with Gasteiger partial charge in [-0.25, -0.2) is 13.6 Å². The molecule has 0 aromatic heterocycles. The number of sulfonamides is 1. The Bertz CT molecular complexity index is 370. The molecule has 0 radical (unpaired) electrons. The number of hydrogen-bond donors (Lipinski definition) is 2. The van der Waals surface area contributed by atoms with E-state index in [1.807, 2.05) is 0 Å². The molecule has 4 N–H and O–H groups in total. The predicted octanol–water partition coefficient (Wildman–Crippen LogP) is -0.0662. The maximum Gasteiger partial charge on any atom is 0.213 e. The van der Waals surface area contributed by atoms with Gasteiger partial charge < -0.3 is 5.73 Å². The summed E-state index contributed by atoms with van der Waals surface area (Å²) in [4.78, 5) is 0. The number of rotatable bonds is 3. The van der Waals surface area contributed by atoms with E-state index in [2.05, 4.69) is 0 Å². The Balaban J connectivity index is 2.81. The lowest BCUT2D eigenvalue weighted by Gasteiger charge is -2.00. The Morgan fingerprint density at radius 1 is 1.08 bits per heavy atom. The Morgan fingerprint density at radius 3 is 1.92 bits per heavy atom. The van der Waals surface area contributed by atoms with Gasteiger partial charge in [0.05, 0.1) is 5.75 Å². The molecule has 0 spiro atoms. The maximum atomic E-state index is 10.7. The van der Waals surface area contributed by atoms with E-state index < -0.39 is 10.0 Å². The van der Waals surface area contributed by atoms with Gasteiger partial charge in [0.25, 0.3) is 0 Å². The lowest BCUT2D eigenvalue weighted by atomic mass is 10.1. The number of nitrogens with two attached hydrogens (primary N) is 2. The zero-order valence-corrected chi connectivity index (χ0v) is 7.92. The lowest BCUT2D eigenvalue weighted by Crippen LogP contribution is -2.14. The van der Waals surface area contributed by atoms with Crippen molar-refractivity contribution in [2.45, 2.75) is 12.3 Å². The summed E-state index contributed by atoms with van der Waals surface area (Å²) in [5, 5.41) is 4.89. The van der Waals surface area contributed by atoms with Gasteiger partial charge >= 0.3 is 0 Å². The number of hydrogen-bond acceptors (Lipinski definition) is 3. The first-order valence-electron chi connectivity index (χ1n) is 3.79. The van der Waals surface area contributed by atoms with Crippen LogP contribution >= 0.6 is 0 Å². The van der Waals surface area contributed by atoms with Crippen LogP contribution in [-0.2, 0) is 22.3 Å². The Hall–Kier alpha value is -0.910. The highest BCUT2D eigenvalue weighted by Gasteiger charge is 2.03. The molecule has 0 atom stereocenters. The highest BCUT2D eigenvalue weighted by molar-refractivity contribution is 7.88. The highest BCUT2D eigenvalue weighted by Crippen LogP contribution is 2.05. The monoisotopic (exact) mass is 200 g/mol. The van der Waals surface area contributed by atoms with Crippen LogP contribution in [0.15, 0.2) is 24.3 Å². The summed E-state index contributed by atoms with van der Waals surface area (Å²) in [7, 11) is -3.43. The van der Waals surface area contributed by atoms with Gasteiger partial charge in [0.2, 0.25) is 10.0 Å². The van der Waals surface area contributed by atoms with Crippen molar-refractivity contribution < 1.29 is 8.42 Å². The van der Waals surface area contributed by atoms with Gasteiger partial charge in [-0.15, -0.1) is 0 Å². The second kappa shape index (κ2) is 3.87. The van der Waals surface area contributed by atoms with E-state index in [4.69, 9.17) is 10.9 Å². The van der Waals surface area contributed by atoms with Gasteiger partial charge in [0, 0.05) is 6.54 Å². The van der Waals surface area contributed by atoms with E-state index in [1.54, 1.807) is 24.3 Å². The van der Waals surface area contributed by atoms with Crippen molar-refractivity contribution >= 4 is 10.0 Å². The van der Waals surface area contributed by atoms with Crippen LogP contribution in [0.5, 0.6) is 0 Å². The van der Waals surface area contributed by atoms with Crippen molar-refractivity contribution in [3.63, 3.8) is 0 Å². The van der Waals surface area contributed by atoms with E-state index in [9.17, 15) is 8.42 Å². The molecule has 0 aliphatic carbocycles. The van der Waals surface area contributed by atoms with Crippen molar-refractivity contribution in [3.8, 4) is 0 Å². The molecule has 0 amide bonds. The largest absolute Gasteiger partial charge is 0.326 e. The van der Waals surface area contributed by atoms with Crippen LogP contribution in [0.25, 0.3) is 0 Å². The van der Waals surface area contributed by atoms with Gasteiger partial charge in [0.15, 0.2) is 0 Å². The van der Waals surface area contributed by atoms with Crippen molar-refractivity contribution in [2.24, 2.45) is 10.9 Å². The standard InChI is InChI=1S/C8H12N2O2S/c9-5-7-1-3-8(4-2-7)6-13(10,11)12/h1-4H,5-6,9H2,(H2,10,11,12). The van der Waals surface area contributed by atoms with Crippen LogP contribution in [0.4, 0.5) is 0 Å². The molecule has 0 aliphatic heterocycles. The molecule has 0 aliphatic rings. The zero-order chi connectivity index (χ0) is 9.90. The highest BCUT2D eigenvalue weighted by atomic mass is 32.2. The van der Waals surface area contributed by atoms with E-state index in [-0.39, 0.29) is 5.75 Å². The van der Waals surface area contributed by atoms with Crippen LogP contribution in [-0.4, -0.2) is 8.42 Å². The lowest BCUT2D eigenvalue weighted by molar-refractivity contribution is 0.597. The summed E-state index contributed by atoms with van der Waals surface area (Å²) in [6.07, 6.45) is 0. The average molecular weight is 200 g/mol. The minimum Gasteiger partial charge on any atom is -0.326 e. The fourth-order valence-electron chi connectivity index (χ4n) is 1.00. The Labute approximate surface area is 77.6 Å². The van der Waals surface area contributed by atoms with Crippen molar-refractivity contribution in [3.05, 3.63) is 35.4 Å². The molecule has 5 heteroatoms. The molecule has 13 heavy (non-hydrogen) atoms. The van der Waals surface area contributed by atoms with Crippen molar-refractivity contribution in [1.29, 1.82) is 0 Å². The smallest absolute Gasteiger partial charge is 0.213 e. The van der Waals surface area contributed by atoms with Crippen LogP contribution in [0.2, 0.25) is 0 Å². The molecular formula is C8H12N2O2S. The summed E-state index contributed by atoms with van der Waals surface area (Å²) in [6.45, 7) is 0.454.